The van der Waals surface area contributed by atoms with E-state index in [1.807, 2.05) is 4.57 Å². The third-order valence-electron chi connectivity index (χ3n) is 2.28. The van der Waals surface area contributed by atoms with Gasteiger partial charge < -0.3 is 4.57 Å². The van der Waals surface area contributed by atoms with E-state index >= 15 is 0 Å². The van der Waals surface area contributed by atoms with Crippen LogP contribution in [0.15, 0.2) is 6.33 Å². The summed E-state index contributed by atoms with van der Waals surface area (Å²) in [5.74, 6) is 0. The molecule has 0 bridgehead atoms. The zero-order chi connectivity index (χ0) is 9.68. The zero-order valence-corrected chi connectivity index (χ0v) is 9.10. The topological polar surface area (TPSA) is 33.6 Å². The van der Waals surface area contributed by atoms with Gasteiger partial charge in [-0.05, 0) is 25.6 Å². The van der Waals surface area contributed by atoms with Crippen LogP contribution < -0.4 is 0 Å². The lowest BCUT2D eigenvalue weighted by Crippen LogP contribution is -2.03. The molecule has 0 saturated carbocycles. The number of aromatic amines is 1. The van der Waals surface area contributed by atoms with E-state index in [0.717, 1.165) is 4.77 Å². The van der Waals surface area contributed by atoms with Crippen LogP contribution >= 0.6 is 12.2 Å². The van der Waals surface area contributed by atoms with Crippen LogP contribution in [-0.2, 0) is 0 Å². The lowest BCUT2D eigenvalue weighted by Gasteiger charge is -2.11. The van der Waals surface area contributed by atoms with Crippen LogP contribution in [0.1, 0.15) is 45.6 Å². The largest absolute Gasteiger partial charge is 0.304 e. The summed E-state index contributed by atoms with van der Waals surface area (Å²) >= 11 is 5.09. The van der Waals surface area contributed by atoms with Gasteiger partial charge in [0.1, 0.15) is 6.33 Å². The highest BCUT2D eigenvalue weighted by Crippen LogP contribution is 2.14. The molecule has 0 spiro atoms. The lowest BCUT2D eigenvalue weighted by atomic mass is 10.1. The van der Waals surface area contributed by atoms with E-state index in [0.29, 0.717) is 6.04 Å². The van der Waals surface area contributed by atoms with Gasteiger partial charge in [0.2, 0.25) is 0 Å². The predicted octanol–water partition coefficient (Wildman–Crippen LogP) is 3.08. The van der Waals surface area contributed by atoms with E-state index in [-0.39, 0.29) is 0 Å². The Labute approximate surface area is 84.2 Å². The minimum Gasteiger partial charge on any atom is -0.304 e. The molecule has 0 aromatic carbocycles. The fraction of sp³-hybridized carbons (Fsp3) is 0.778. The van der Waals surface area contributed by atoms with Crippen LogP contribution in [0.25, 0.3) is 0 Å². The molecule has 1 aromatic heterocycles. The molecular formula is C9H17N3S. The number of nitrogens with one attached hydrogen (secondary N) is 1. The average Bonchev–Trinajstić information content (AvgIpc) is 2.52. The van der Waals surface area contributed by atoms with Crippen LogP contribution in [0.5, 0.6) is 0 Å². The minimum absolute atomic E-state index is 0.470. The van der Waals surface area contributed by atoms with Crippen molar-refractivity contribution in [3.05, 3.63) is 11.1 Å². The Morgan fingerprint density at radius 3 is 2.92 bits per heavy atom. The molecule has 1 unspecified atom stereocenters. The van der Waals surface area contributed by atoms with E-state index in [4.69, 9.17) is 12.2 Å². The van der Waals surface area contributed by atoms with Crippen LogP contribution in [0.3, 0.4) is 0 Å². The molecule has 0 radical (unpaired) electrons. The van der Waals surface area contributed by atoms with Crippen LogP contribution in [-0.4, -0.2) is 14.8 Å². The second-order valence-corrected chi connectivity index (χ2v) is 3.80. The Balaban J connectivity index is 2.44. The van der Waals surface area contributed by atoms with E-state index in [1.54, 1.807) is 6.33 Å². The van der Waals surface area contributed by atoms with Gasteiger partial charge in [-0.2, -0.15) is 5.10 Å². The molecule has 74 valence electrons. The third kappa shape index (κ3) is 2.95. The van der Waals surface area contributed by atoms with Gasteiger partial charge in [-0.3, -0.25) is 5.10 Å². The molecule has 1 rings (SSSR count). The fourth-order valence-electron chi connectivity index (χ4n) is 1.40. The number of H-pyrrole nitrogens is 1. The molecule has 3 nitrogen and oxygen atoms in total. The van der Waals surface area contributed by atoms with Gasteiger partial charge in [0, 0.05) is 6.04 Å². The molecule has 0 aliphatic rings. The summed E-state index contributed by atoms with van der Waals surface area (Å²) in [5.41, 5.74) is 0. The highest BCUT2D eigenvalue weighted by molar-refractivity contribution is 7.71. The number of unbranched alkanes of at least 4 members (excludes halogenated alkanes) is 2. The molecule has 0 saturated heterocycles. The summed E-state index contributed by atoms with van der Waals surface area (Å²) in [6.07, 6.45) is 6.80. The molecule has 0 fully saturated rings. The Kier molecular flexibility index (Phi) is 4.15. The summed E-state index contributed by atoms with van der Waals surface area (Å²) < 4.78 is 2.74. The molecule has 1 N–H and O–H groups in total. The predicted molar refractivity (Wildman–Crippen MR) is 56.3 cm³/mol. The maximum atomic E-state index is 5.09. The van der Waals surface area contributed by atoms with Crippen molar-refractivity contribution < 1.29 is 0 Å². The average molecular weight is 199 g/mol. The lowest BCUT2D eigenvalue weighted by molar-refractivity contribution is 0.472. The fourth-order valence-corrected chi connectivity index (χ4v) is 1.68. The third-order valence-corrected chi connectivity index (χ3v) is 2.58. The van der Waals surface area contributed by atoms with Crippen LogP contribution in [0, 0.1) is 4.77 Å². The minimum atomic E-state index is 0.470. The summed E-state index contributed by atoms with van der Waals surface area (Å²) in [6.45, 7) is 4.40. The summed E-state index contributed by atoms with van der Waals surface area (Å²) in [4.78, 5) is 0. The Morgan fingerprint density at radius 2 is 2.38 bits per heavy atom. The molecule has 1 atom stereocenters. The van der Waals surface area contributed by atoms with Gasteiger partial charge in [-0.1, -0.05) is 26.2 Å². The van der Waals surface area contributed by atoms with E-state index in [2.05, 4.69) is 24.0 Å². The molecular weight excluding hydrogens is 182 g/mol. The molecule has 0 aliphatic carbocycles. The second kappa shape index (κ2) is 5.17. The molecule has 0 aliphatic heterocycles. The zero-order valence-electron chi connectivity index (χ0n) is 8.29. The van der Waals surface area contributed by atoms with Crippen molar-refractivity contribution in [2.45, 2.75) is 45.6 Å². The maximum Gasteiger partial charge on any atom is 0.195 e. The monoisotopic (exact) mass is 199 g/mol. The molecule has 13 heavy (non-hydrogen) atoms. The van der Waals surface area contributed by atoms with Crippen LogP contribution in [0.2, 0.25) is 0 Å². The first-order chi connectivity index (χ1) is 6.25. The van der Waals surface area contributed by atoms with E-state index in [9.17, 15) is 0 Å². The molecule has 4 heteroatoms. The number of rotatable bonds is 5. The second-order valence-electron chi connectivity index (χ2n) is 3.41. The first-order valence-electron chi connectivity index (χ1n) is 4.87. The Hall–Kier alpha value is -0.640. The van der Waals surface area contributed by atoms with Crippen molar-refractivity contribution in [3.63, 3.8) is 0 Å². The number of nitrogens with zero attached hydrogens (tertiary/aromatic N) is 2. The van der Waals surface area contributed by atoms with E-state index in [1.165, 1.54) is 25.7 Å². The molecule has 1 heterocycles. The smallest absolute Gasteiger partial charge is 0.195 e. The summed E-state index contributed by atoms with van der Waals surface area (Å²) in [5, 5.41) is 6.67. The van der Waals surface area contributed by atoms with Gasteiger partial charge >= 0.3 is 0 Å². The van der Waals surface area contributed by atoms with Crippen LogP contribution in [0.4, 0.5) is 0 Å². The van der Waals surface area contributed by atoms with Gasteiger partial charge in [-0.15, -0.1) is 0 Å². The SMILES string of the molecule is CCCCCC(C)n1cn[nH]c1=S. The quantitative estimate of drug-likeness (QED) is 0.584. The van der Waals surface area contributed by atoms with Gasteiger partial charge in [0.05, 0.1) is 0 Å². The van der Waals surface area contributed by atoms with Crippen molar-refractivity contribution in [2.75, 3.05) is 0 Å². The normalized spacial score (nSPS) is 13.1. The number of hydrogen-bond donors (Lipinski definition) is 1. The van der Waals surface area contributed by atoms with Crippen molar-refractivity contribution >= 4 is 12.2 Å². The van der Waals surface area contributed by atoms with Crippen molar-refractivity contribution in [1.29, 1.82) is 0 Å². The van der Waals surface area contributed by atoms with Crippen molar-refractivity contribution in [2.24, 2.45) is 0 Å². The Morgan fingerprint density at radius 1 is 1.62 bits per heavy atom. The summed E-state index contributed by atoms with van der Waals surface area (Å²) in [7, 11) is 0. The molecule has 1 aromatic rings. The maximum absolute atomic E-state index is 5.09. The number of hydrogen-bond acceptors (Lipinski definition) is 2. The van der Waals surface area contributed by atoms with Crippen molar-refractivity contribution in [1.82, 2.24) is 14.8 Å². The first kappa shape index (κ1) is 10.4. The van der Waals surface area contributed by atoms with Crippen molar-refractivity contribution in [3.8, 4) is 0 Å². The number of aromatic nitrogens is 3. The first-order valence-corrected chi connectivity index (χ1v) is 5.28. The molecule has 0 amide bonds. The van der Waals surface area contributed by atoms with Gasteiger partial charge in [0.25, 0.3) is 0 Å². The Bertz CT molecular complexity index is 289. The van der Waals surface area contributed by atoms with Gasteiger partial charge in [0.15, 0.2) is 4.77 Å². The summed E-state index contributed by atoms with van der Waals surface area (Å²) in [6, 6.07) is 0.470. The van der Waals surface area contributed by atoms with E-state index < -0.39 is 0 Å². The highest BCUT2D eigenvalue weighted by atomic mass is 32.1. The highest BCUT2D eigenvalue weighted by Gasteiger charge is 2.04. The van der Waals surface area contributed by atoms with Gasteiger partial charge in [-0.25, -0.2) is 0 Å². The standard InChI is InChI=1S/C9H17N3S/c1-3-4-5-6-8(2)12-7-10-11-9(12)13/h7-8H,3-6H2,1-2H3,(H,11,13).